The van der Waals surface area contributed by atoms with Gasteiger partial charge in [-0.05, 0) is 12.1 Å². The van der Waals surface area contributed by atoms with Crippen molar-refractivity contribution >= 4 is 11.5 Å². The molecule has 16 heavy (non-hydrogen) atoms. The van der Waals surface area contributed by atoms with Crippen molar-refractivity contribution in [2.45, 2.75) is 18.4 Å². The number of nitrogens with zero attached hydrogens (tertiary/aromatic N) is 2. The predicted molar refractivity (Wildman–Crippen MR) is 56.4 cm³/mol. The molecule has 1 aliphatic heterocycles. The van der Waals surface area contributed by atoms with Gasteiger partial charge in [-0.15, -0.1) is 0 Å². The van der Waals surface area contributed by atoms with E-state index in [1.807, 2.05) is 0 Å². The fraction of sp³-hybridized carbons (Fsp3) is 0.500. The first-order chi connectivity index (χ1) is 7.52. The number of pyridine rings is 1. The quantitative estimate of drug-likeness (QED) is 0.790. The van der Waals surface area contributed by atoms with Gasteiger partial charge in [0.25, 0.3) is 5.92 Å². The third kappa shape index (κ3) is 2.06. The van der Waals surface area contributed by atoms with E-state index in [-0.39, 0.29) is 13.0 Å². The van der Waals surface area contributed by atoms with Gasteiger partial charge in [0.15, 0.2) is 0 Å². The Bertz CT molecular complexity index is 369. The molecule has 6 heteroatoms. The number of hydrogen-bond donors (Lipinski definition) is 2. The Hall–Kier alpha value is -1.43. The molecule has 0 saturated carbocycles. The van der Waals surface area contributed by atoms with Gasteiger partial charge < -0.3 is 15.7 Å². The zero-order valence-electron chi connectivity index (χ0n) is 8.61. The molecule has 1 atom stereocenters. The maximum absolute atomic E-state index is 13.2. The first kappa shape index (κ1) is 11.1. The van der Waals surface area contributed by atoms with E-state index in [0.29, 0.717) is 11.5 Å². The van der Waals surface area contributed by atoms with E-state index in [0.717, 1.165) is 0 Å². The summed E-state index contributed by atoms with van der Waals surface area (Å²) in [5.41, 5.74) is 5.95. The highest BCUT2D eigenvalue weighted by Gasteiger charge is 2.45. The van der Waals surface area contributed by atoms with Crippen LogP contribution in [-0.2, 0) is 0 Å². The lowest BCUT2D eigenvalue weighted by Gasteiger charge is -2.23. The maximum Gasteiger partial charge on any atom is 0.267 e. The van der Waals surface area contributed by atoms with Gasteiger partial charge in [-0.2, -0.15) is 0 Å². The smallest absolute Gasteiger partial charge is 0.267 e. The summed E-state index contributed by atoms with van der Waals surface area (Å²) in [6, 6.07) is 2.61. The number of anilines is 2. The Kier molecular flexibility index (Phi) is 2.67. The highest BCUT2D eigenvalue weighted by atomic mass is 19.3. The number of hydrogen-bond acceptors (Lipinski definition) is 4. The number of nitrogen functional groups attached to an aromatic ring is 1. The molecule has 0 bridgehead atoms. The van der Waals surface area contributed by atoms with Crippen molar-refractivity contribution in [3.05, 3.63) is 18.3 Å². The molecule has 0 aliphatic carbocycles. The van der Waals surface area contributed by atoms with Crippen molar-refractivity contribution in [3.8, 4) is 0 Å². The van der Waals surface area contributed by atoms with Crippen LogP contribution >= 0.6 is 0 Å². The minimum Gasteiger partial charge on any atom is -0.397 e. The molecular weight excluding hydrogens is 216 g/mol. The van der Waals surface area contributed by atoms with Crippen molar-refractivity contribution in [1.82, 2.24) is 4.98 Å². The van der Waals surface area contributed by atoms with Crippen LogP contribution in [-0.4, -0.2) is 35.2 Å². The SMILES string of the molecule is Nc1ccc(N2CC(F)(F)C[C@@H]2CO)nc1. The molecule has 1 aliphatic rings. The van der Waals surface area contributed by atoms with E-state index >= 15 is 0 Å². The summed E-state index contributed by atoms with van der Waals surface area (Å²) in [6.45, 7) is -0.712. The molecule has 2 heterocycles. The molecule has 88 valence electrons. The van der Waals surface area contributed by atoms with Crippen LogP contribution < -0.4 is 10.6 Å². The van der Waals surface area contributed by atoms with Gasteiger partial charge in [0.1, 0.15) is 5.82 Å². The second-order valence-corrected chi connectivity index (χ2v) is 3.97. The Morgan fingerprint density at radius 3 is 2.88 bits per heavy atom. The summed E-state index contributed by atoms with van der Waals surface area (Å²) in [6.07, 6.45) is 1.08. The third-order valence-corrected chi connectivity index (χ3v) is 2.65. The highest BCUT2D eigenvalue weighted by Crippen LogP contribution is 2.34. The van der Waals surface area contributed by atoms with Crippen LogP contribution in [0.1, 0.15) is 6.42 Å². The van der Waals surface area contributed by atoms with Crippen LogP contribution in [0.4, 0.5) is 20.3 Å². The van der Waals surface area contributed by atoms with Gasteiger partial charge >= 0.3 is 0 Å². The molecule has 1 aromatic rings. The summed E-state index contributed by atoms with van der Waals surface area (Å²) >= 11 is 0. The Labute approximate surface area is 91.7 Å². The second kappa shape index (κ2) is 3.86. The number of aliphatic hydroxyl groups excluding tert-OH is 1. The minimum absolute atomic E-state index is 0.304. The summed E-state index contributed by atoms with van der Waals surface area (Å²) < 4.78 is 26.4. The van der Waals surface area contributed by atoms with Crippen LogP contribution in [0, 0.1) is 0 Å². The standard InChI is InChI=1S/C10H13F2N3O/c11-10(12)3-8(5-16)15(6-10)9-2-1-7(13)4-14-9/h1-2,4,8,16H,3,5-6,13H2/t8-/m1/s1. The average Bonchev–Trinajstić information content (AvgIpc) is 2.55. The van der Waals surface area contributed by atoms with Gasteiger partial charge in [0, 0.05) is 6.42 Å². The van der Waals surface area contributed by atoms with E-state index in [1.54, 1.807) is 12.1 Å². The number of aromatic nitrogens is 1. The first-order valence-electron chi connectivity index (χ1n) is 4.99. The maximum atomic E-state index is 13.2. The number of halogens is 2. The Morgan fingerprint density at radius 2 is 2.31 bits per heavy atom. The Morgan fingerprint density at radius 1 is 1.56 bits per heavy atom. The van der Waals surface area contributed by atoms with E-state index in [9.17, 15) is 8.78 Å². The van der Waals surface area contributed by atoms with Crippen LogP contribution in [0.25, 0.3) is 0 Å². The molecular formula is C10H13F2N3O. The molecule has 0 amide bonds. The van der Waals surface area contributed by atoms with E-state index < -0.39 is 18.5 Å². The first-order valence-corrected chi connectivity index (χ1v) is 4.99. The normalized spacial score (nSPS) is 23.7. The summed E-state index contributed by atoms with van der Waals surface area (Å²) in [7, 11) is 0. The predicted octanol–water partition coefficient (Wildman–Crippen LogP) is 0.870. The van der Waals surface area contributed by atoms with Crippen molar-refractivity contribution in [2.24, 2.45) is 0 Å². The molecule has 1 aromatic heterocycles. The van der Waals surface area contributed by atoms with Crippen LogP contribution in [0.5, 0.6) is 0 Å². The molecule has 0 unspecified atom stereocenters. The van der Waals surface area contributed by atoms with Crippen LogP contribution in [0.3, 0.4) is 0 Å². The summed E-state index contributed by atoms with van der Waals surface area (Å²) in [5, 5.41) is 9.06. The lowest BCUT2D eigenvalue weighted by Crippen LogP contribution is -2.33. The molecule has 2 rings (SSSR count). The fourth-order valence-electron chi connectivity index (χ4n) is 1.90. The van der Waals surface area contributed by atoms with Crippen molar-refractivity contribution in [2.75, 3.05) is 23.8 Å². The molecule has 1 saturated heterocycles. The largest absolute Gasteiger partial charge is 0.397 e. The monoisotopic (exact) mass is 229 g/mol. The topological polar surface area (TPSA) is 62.4 Å². The number of alkyl halides is 2. The molecule has 3 N–H and O–H groups in total. The lowest BCUT2D eigenvalue weighted by molar-refractivity contribution is 0.0201. The number of nitrogens with two attached hydrogens (primary N) is 1. The van der Waals surface area contributed by atoms with Gasteiger partial charge in [-0.3, -0.25) is 0 Å². The van der Waals surface area contributed by atoms with Gasteiger partial charge in [-0.25, -0.2) is 13.8 Å². The lowest BCUT2D eigenvalue weighted by atomic mass is 10.2. The zero-order valence-corrected chi connectivity index (χ0v) is 8.61. The number of rotatable bonds is 2. The highest BCUT2D eigenvalue weighted by molar-refractivity contribution is 5.47. The van der Waals surface area contributed by atoms with Crippen molar-refractivity contribution in [3.63, 3.8) is 0 Å². The average molecular weight is 229 g/mol. The van der Waals surface area contributed by atoms with E-state index in [2.05, 4.69) is 4.98 Å². The third-order valence-electron chi connectivity index (χ3n) is 2.65. The molecule has 4 nitrogen and oxygen atoms in total. The molecule has 0 spiro atoms. The van der Waals surface area contributed by atoms with E-state index in [1.165, 1.54) is 11.1 Å². The van der Waals surface area contributed by atoms with Gasteiger partial charge in [-0.1, -0.05) is 0 Å². The molecule has 0 aromatic carbocycles. The molecule has 0 radical (unpaired) electrons. The second-order valence-electron chi connectivity index (χ2n) is 3.97. The van der Waals surface area contributed by atoms with Gasteiger partial charge in [0.2, 0.25) is 0 Å². The summed E-state index contributed by atoms with van der Waals surface area (Å²) in [5.74, 6) is -2.35. The minimum atomic E-state index is -2.77. The molecule has 1 fully saturated rings. The number of aliphatic hydroxyl groups is 1. The van der Waals surface area contributed by atoms with E-state index in [4.69, 9.17) is 10.8 Å². The fourth-order valence-corrected chi connectivity index (χ4v) is 1.90. The van der Waals surface area contributed by atoms with Gasteiger partial charge in [0.05, 0.1) is 31.1 Å². The van der Waals surface area contributed by atoms with Crippen LogP contribution in [0.2, 0.25) is 0 Å². The van der Waals surface area contributed by atoms with Crippen molar-refractivity contribution in [1.29, 1.82) is 0 Å². The zero-order chi connectivity index (χ0) is 11.8. The summed E-state index contributed by atoms with van der Waals surface area (Å²) in [4.78, 5) is 5.40. The van der Waals surface area contributed by atoms with Crippen molar-refractivity contribution < 1.29 is 13.9 Å². The Balaban J connectivity index is 2.23. The van der Waals surface area contributed by atoms with Crippen LogP contribution in [0.15, 0.2) is 18.3 Å².